The minimum atomic E-state index is -0.933. The fraction of sp³-hybridized carbons (Fsp3) is 0.471. The predicted molar refractivity (Wildman–Crippen MR) is 88.2 cm³/mol. The van der Waals surface area contributed by atoms with E-state index in [9.17, 15) is 14.4 Å². The van der Waals surface area contributed by atoms with Crippen molar-refractivity contribution in [1.82, 2.24) is 10.3 Å². The Morgan fingerprint density at radius 2 is 1.92 bits per heavy atom. The molecular weight excluding hydrogens is 310 g/mol. The van der Waals surface area contributed by atoms with Gasteiger partial charge in [0.1, 0.15) is 11.2 Å². The Kier molecular flexibility index (Phi) is 4.55. The summed E-state index contributed by atoms with van der Waals surface area (Å²) in [6.07, 6.45) is 0. The maximum atomic E-state index is 12.3. The van der Waals surface area contributed by atoms with E-state index in [0.717, 1.165) is 0 Å². The number of ether oxygens (including phenoxy) is 1. The molecule has 0 fully saturated rings. The summed E-state index contributed by atoms with van der Waals surface area (Å²) in [4.78, 5) is 44.9. The molecule has 0 bridgehead atoms. The molecule has 1 N–H and O–H groups in total. The lowest BCUT2D eigenvalue weighted by Gasteiger charge is -2.21. The van der Waals surface area contributed by atoms with Crippen molar-refractivity contribution < 1.29 is 19.1 Å². The van der Waals surface area contributed by atoms with Crippen LogP contribution in [0.3, 0.4) is 0 Å². The molecule has 128 valence electrons. The molecular formula is C17H21N3O4. The summed E-state index contributed by atoms with van der Waals surface area (Å²) >= 11 is 0. The number of aryl methyl sites for hydroxylation is 1. The summed E-state index contributed by atoms with van der Waals surface area (Å²) in [6, 6.07) is 1.44. The predicted octanol–water partition coefficient (Wildman–Crippen LogP) is 1.67. The van der Waals surface area contributed by atoms with E-state index >= 15 is 0 Å². The smallest absolute Gasteiger partial charge is 0.340 e. The van der Waals surface area contributed by atoms with Gasteiger partial charge in [0.2, 0.25) is 0 Å². The highest BCUT2D eigenvalue weighted by Gasteiger charge is 2.43. The number of esters is 1. The Morgan fingerprint density at radius 1 is 1.29 bits per heavy atom. The molecule has 0 radical (unpaired) electrons. The van der Waals surface area contributed by atoms with Gasteiger partial charge in [0.15, 0.2) is 11.6 Å². The Hall–Kier alpha value is -2.57. The lowest BCUT2D eigenvalue weighted by molar-refractivity contribution is -0.124. The van der Waals surface area contributed by atoms with Gasteiger partial charge in [0, 0.05) is 11.3 Å². The molecule has 0 aliphatic carbocycles. The van der Waals surface area contributed by atoms with Crippen molar-refractivity contribution in [3.8, 4) is 0 Å². The summed E-state index contributed by atoms with van der Waals surface area (Å²) in [5.41, 5.74) is 0.163. The number of rotatable bonds is 4. The Balaban J connectivity index is 2.66. The first kappa shape index (κ1) is 17.8. The number of hydrogen-bond acceptors (Lipinski definition) is 6. The Bertz CT molecular complexity index is 767. The third-order valence-corrected chi connectivity index (χ3v) is 4.38. The summed E-state index contributed by atoms with van der Waals surface area (Å²) in [5.74, 6) is -0.918. The van der Waals surface area contributed by atoms with Gasteiger partial charge in [-0.2, -0.15) is 0 Å². The quantitative estimate of drug-likeness (QED) is 0.668. The van der Waals surface area contributed by atoms with Crippen LogP contribution in [0.1, 0.15) is 59.8 Å². The summed E-state index contributed by atoms with van der Waals surface area (Å²) in [5, 5.41) is 2.69. The van der Waals surface area contributed by atoms with Crippen LogP contribution >= 0.6 is 0 Å². The van der Waals surface area contributed by atoms with Gasteiger partial charge in [-0.3, -0.25) is 9.59 Å². The van der Waals surface area contributed by atoms with Crippen molar-refractivity contribution in [2.75, 3.05) is 7.11 Å². The average molecular weight is 331 g/mol. The number of ketones is 1. The third-order valence-electron chi connectivity index (χ3n) is 4.38. The number of aromatic nitrogens is 1. The SMILES string of the molecule is COC(=O)c1cc(C(C)=O)c(C)nc1C1=NC(C)(C(C)C)C(=O)N1. The molecule has 2 rings (SSSR count). The second kappa shape index (κ2) is 6.14. The number of hydrogen-bond donors (Lipinski definition) is 1. The monoisotopic (exact) mass is 331 g/mol. The van der Waals surface area contributed by atoms with E-state index in [-0.39, 0.29) is 34.7 Å². The molecule has 7 nitrogen and oxygen atoms in total. The number of amides is 1. The lowest BCUT2D eigenvalue weighted by atomic mass is 9.89. The molecule has 1 aliphatic heterocycles. The van der Waals surface area contributed by atoms with Crippen LogP contribution in [0.4, 0.5) is 0 Å². The number of nitrogens with zero attached hydrogens (tertiary/aromatic N) is 2. The first-order valence-corrected chi connectivity index (χ1v) is 7.64. The highest BCUT2D eigenvalue weighted by Crippen LogP contribution is 2.28. The normalized spacial score (nSPS) is 20.0. The number of carbonyl (C=O) groups excluding carboxylic acids is 3. The van der Waals surface area contributed by atoms with Crippen LogP contribution < -0.4 is 5.32 Å². The van der Waals surface area contributed by atoms with Crippen molar-refractivity contribution in [1.29, 1.82) is 0 Å². The number of carbonyl (C=O) groups is 3. The van der Waals surface area contributed by atoms with Gasteiger partial charge in [0.25, 0.3) is 5.91 Å². The topological polar surface area (TPSA) is 97.7 Å². The highest BCUT2D eigenvalue weighted by molar-refractivity contribution is 6.18. The fourth-order valence-corrected chi connectivity index (χ4v) is 2.46. The minimum Gasteiger partial charge on any atom is -0.465 e. The van der Waals surface area contributed by atoms with Crippen LogP contribution in [0.5, 0.6) is 0 Å². The molecule has 1 aromatic heterocycles. The van der Waals surface area contributed by atoms with Gasteiger partial charge >= 0.3 is 5.97 Å². The van der Waals surface area contributed by atoms with Gasteiger partial charge < -0.3 is 10.1 Å². The molecule has 0 saturated heterocycles. The second-order valence-electron chi connectivity index (χ2n) is 6.28. The zero-order chi connectivity index (χ0) is 18.2. The number of Topliss-reactive ketones (excluding diaryl/α,β-unsaturated/α-hetero) is 1. The van der Waals surface area contributed by atoms with Crippen molar-refractivity contribution in [2.24, 2.45) is 10.9 Å². The van der Waals surface area contributed by atoms with E-state index in [1.54, 1.807) is 13.8 Å². The van der Waals surface area contributed by atoms with Crippen molar-refractivity contribution in [2.45, 2.75) is 40.2 Å². The Morgan fingerprint density at radius 3 is 2.38 bits per heavy atom. The van der Waals surface area contributed by atoms with Crippen molar-refractivity contribution in [3.63, 3.8) is 0 Å². The van der Waals surface area contributed by atoms with Gasteiger partial charge in [-0.05, 0) is 32.8 Å². The van der Waals surface area contributed by atoms with E-state index in [1.807, 2.05) is 13.8 Å². The van der Waals surface area contributed by atoms with Gasteiger partial charge in [-0.15, -0.1) is 0 Å². The lowest BCUT2D eigenvalue weighted by Crippen LogP contribution is -2.41. The zero-order valence-electron chi connectivity index (χ0n) is 14.7. The van der Waals surface area contributed by atoms with Crippen LogP contribution in [0.15, 0.2) is 11.1 Å². The maximum Gasteiger partial charge on any atom is 0.340 e. The molecule has 24 heavy (non-hydrogen) atoms. The van der Waals surface area contributed by atoms with Crippen LogP contribution in [-0.4, -0.2) is 41.1 Å². The zero-order valence-corrected chi connectivity index (χ0v) is 14.7. The first-order valence-electron chi connectivity index (χ1n) is 7.64. The third kappa shape index (κ3) is 2.81. The molecule has 0 spiro atoms. The minimum absolute atomic E-state index is 0.0332. The molecule has 1 aliphatic rings. The van der Waals surface area contributed by atoms with Gasteiger partial charge in [0.05, 0.1) is 12.7 Å². The molecule has 1 atom stereocenters. The summed E-state index contributed by atoms with van der Waals surface area (Å²) < 4.78 is 4.78. The molecule has 0 saturated carbocycles. The standard InChI is InChI=1S/C17H21N3O4/c1-8(2)17(5)16(23)19-14(20-17)13-12(15(22)24-6)7-11(10(4)21)9(3)18-13/h7-8H,1-6H3,(H,19,20,23). The van der Waals surface area contributed by atoms with E-state index in [1.165, 1.54) is 20.1 Å². The van der Waals surface area contributed by atoms with Crippen molar-refractivity contribution >= 4 is 23.5 Å². The van der Waals surface area contributed by atoms with Crippen LogP contribution in [-0.2, 0) is 9.53 Å². The fourth-order valence-electron chi connectivity index (χ4n) is 2.46. The van der Waals surface area contributed by atoms with Crippen LogP contribution in [0, 0.1) is 12.8 Å². The van der Waals surface area contributed by atoms with E-state index < -0.39 is 11.5 Å². The Labute approximate surface area is 140 Å². The number of methoxy groups -OCH3 is 1. The highest BCUT2D eigenvalue weighted by atomic mass is 16.5. The molecule has 0 aromatic carbocycles. The maximum absolute atomic E-state index is 12.3. The van der Waals surface area contributed by atoms with Crippen molar-refractivity contribution in [3.05, 3.63) is 28.6 Å². The van der Waals surface area contributed by atoms with Crippen LogP contribution in [0.25, 0.3) is 0 Å². The van der Waals surface area contributed by atoms with E-state index in [0.29, 0.717) is 11.3 Å². The van der Waals surface area contributed by atoms with Crippen LogP contribution in [0.2, 0.25) is 0 Å². The van der Waals surface area contributed by atoms with Gasteiger partial charge in [-0.25, -0.2) is 14.8 Å². The summed E-state index contributed by atoms with van der Waals surface area (Å²) in [6.45, 7) is 8.58. The number of nitrogens with one attached hydrogen (secondary N) is 1. The molecule has 7 heteroatoms. The molecule has 1 unspecified atom stereocenters. The number of pyridine rings is 1. The molecule has 2 heterocycles. The first-order chi connectivity index (χ1) is 11.1. The average Bonchev–Trinajstić information content (AvgIpc) is 2.82. The second-order valence-corrected chi connectivity index (χ2v) is 6.28. The largest absolute Gasteiger partial charge is 0.465 e. The molecule has 1 aromatic rings. The molecule has 1 amide bonds. The van der Waals surface area contributed by atoms with E-state index in [2.05, 4.69) is 15.3 Å². The summed E-state index contributed by atoms with van der Waals surface area (Å²) in [7, 11) is 1.24. The number of amidine groups is 1. The van der Waals surface area contributed by atoms with E-state index in [4.69, 9.17) is 4.74 Å². The number of aliphatic imine (C=N–C) groups is 1. The van der Waals surface area contributed by atoms with Gasteiger partial charge in [-0.1, -0.05) is 13.8 Å².